The van der Waals surface area contributed by atoms with Crippen molar-refractivity contribution < 1.29 is 0 Å². The Balaban J connectivity index is 1.36. The lowest BCUT2D eigenvalue weighted by Crippen LogP contribution is -2.35. The smallest absolute Gasteiger partial charge is 0.254 e. The zero-order valence-electron chi connectivity index (χ0n) is 16.9. The van der Waals surface area contributed by atoms with E-state index in [0.29, 0.717) is 17.3 Å². The van der Waals surface area contributed by atoms with E-state index in [-0.39, 0.29) is 5.56 Å². The van der Waals surface area contributed by atoms with Crippen molar-refractivity contribution in [2.75, 3.05) is 18.0 Å². The van der Waals surface area contributed by atoms with Crippen LogP contribution in [0.25, 0.3) is 11.4 Å². The number of aromatic amines is 1. The van der Waals surface area contributed by atoms with Gasteiger partial charge in [-0.3, -0.25) is 4.79 Å². The summed E-state index contributed by atoms with van der Waals surface area (Å²) in [5.41, 5.74) is 2.11. The molecule has 0 aromatic carbocycles. The van der Waals surface area contributed by atoms with E-state index in [1.165, 1.54) is 6.42 Å². The molecule has 0 saturated carbocycles. The monoisotopic (exact) mass is 391 g/mol. The number of H-pyrrole nitrogens is 1. The lowest BCUT2D eigenvalue weighted by Gasteiger charge is -2.33. The minimum atomic E-state index is -0.101. The minimum Gasteiger partial charge on any atom is -0.356 e. The number of anilines is 1. The molecule has 2 aliphatic heterocycles. The third kappa shape index (κ3) is 3.22. The van der Waals surface area contributed by atoms with Crippen LogP contribution in [0.4, 0.5) is 5.82 Å². The highest BCUT2D eigenvalue weighted by Gasteiger charge is 2.28. The van der Waals surface area contributed by atoms with Crippen LogP contribution in [0.5, 0.6) is 0 Å². The number of piperidine rings is 1. The molecule has 1 unspecified atom stereocenters. The zero-order valence-corrected chi connectivity index (χ0v) is 16.9. The number of hydrogen-bond donors (Lipinski definition) is 1. The summed E-state index contributed by atoms with van der Waals surface area (Å²) in [6.07, 6.45) is 6.26. The van der Waals surface area contributed by atoms with Crippen LogP contribution < -0.4 is 10.5 Å². The molecule has 5 heterocycles. The maximum Gasteiger partial charge on any atom is 0.254 e. The molecule has 1 atom stereocenters. The van der Waals surface area contributed by atoms with E-state index in [0.717, 1.165) is 67.6 Å². The molecule has 0 bridgehead atoms. The van der Waals surface area contributed by atoms with Gasteiger partial charge in [0.2, 0.25) is 0 Å². The van der Waals surface area contributed by atoms with Gasteiger partial charge in [0, 0.05) is 55.0 Å². The molecule has 0 spiro atoms. The highest BCUT2D eigenvalue weighted by atomic mass is 16.1. The molecular weight excluding hydrogens is 366 g/mol. The fraction of sp³-hybridized carbons (Fsp3) is 0.476. The van der Waals surface area contributed by atoms with Gasteiger partial charge in [-0.05, 0) is 45.2 Å². The van der Waals surface area contributed by atoms with Crippen LogP contribution >= 0.6 is 0 Å². The number of rotatable bonds is 3. The first kappa shape index (κ1) is 18.0. The minimum absolute atomic E-state index is 0.101. The van der Waals surface area contributed by atoms with Gasteiger partial charge in [-0.25, -0.2) is 9.97 Å². The van der Waals surface area contributed by atoms with Gasteiger partial charge in [-0.1, -0.05) is 0 Å². The second kappa shape index (κ2) is 7.09. The predicted octanol–water partition coefficient (Wildman–Crippen LogP) is 2.37. The van der Waals surface area contributed by atoms with Crippen molar-refractivity contribution in [2.45, 2.75) is 52.0 Å². The van der Waals surface area contributed by atoms with Crippen LogP contribution in [-0.4, -0.2) is 42.8 Å². The van der Waals surface area contributed by atoms with Crippen LogP contribution in [0.1, 0.15) is 48.1 Å². The third-order valence-electron chi connectivity index (χ3n) is 6.16. The fourth-order valence-corrected chi connectivity index (χ4v) is 4.37. The van der Waals surface area contributed by atoms with Crippen molar-refractivity contribution in [1.82, 2.24) is 29.7 Å². The molecule has 2 aliphatic rings. The van der Waals surface area contributed by atoms with Crippen molar-refractivity contribution in [3.63, 3.8) is 0 Å². The molecule has 29 heavy (non-hydrogen) atoms. The standard InChI is InChI=1S/C21H25N7O/c1-13-14(2)23-19(24-21(13)29)15-7-8-17(22-11-15)27-9-3-5-16(12-27)20-26-25-18-6-4-10-28(18)20/h7-8,11,16H,3-6,9-10,12H2,1-2H3,(H,23,24,29). The van der Waals surface area contributed by atoms with Gasteiger partial charge in [0.05, 0.1) is 0 Å². The normalized spacial score (nSPS) is 18.8. The van der Waals surface area contributed by atoms with Crippen molar-refractivity contribution in [3.8, 4) is 11.4 Å². The van der Waals surface area contributed by atoms with Crippen LogP contribution in [0, 0.1) is 13.8 Å². The lowest BCUT2D eigenvalue weighted by molar-refractivity contribution is 0.471. The van der Waals surface area contributed by atoms with E-state index in [1.807, 2.05) is 19.1 Å². The number of fused-ring (bicyclic) bond motifs is 1. The molecule has 1 fully saturated rings. The zero-order chi connectivity index (χ0) is 20.0. The number of aryl methyl sites for hydroxylation is 2. The molecule has 1 saturated heterocycles. The third-order valence-corrected chi connectivity index (χ3v) is 6.16. The first-order chi connectivity index (χ1) is 14.1. The Kier molecular flexibility index (Phi) is 4.41. The van der Waals surface area contributed by atoms with Crippen LogP contribution in [-0.2, 0) is 13.0 Å². The highest BCUT2D eigenvalue weighted by Crippen LogP contribution is 2.30. The largest absolute Gasteiger partial charge is 0.356 e. The molecule has 3 aromatic heterocycles. The fourth-order valence-electron chi connectivity index (χ4n) is 4.37. The van der Waals surface area contributed by atoms with Crippen molar-refractivity contribution in [3.05, 3.63) is 51.6 Å². The molecule has 1 N–H and O–H groups in total. The first-order valence-electron chi connectivity index (χ1n) is 10.3. The predicted molar refractivity (Wildman–Crippen MR) is 110 cm³/mol. The quantitative estimate of drug-likeness (QED) is 0.737. The summed E-state index contributed by atoms with van der Waals surface area (Å²) in [5.74, 6) is 4.17. The second-order valence-corrected chi connectivity index (χ2v) is 8.04. The van der Waals surface area contributed by atoms with Gasteiger partial charge >= 0.3 is 0 Å². The molecule has 8 nitrogen and oxygen atoms in total. The number of aromatic nitrogens is 6. The summed E-state index contributed by atoms with van der Waals surface area (Å²) < 4.78 is 2.31. The Morgan fingerprint density at radius 3 is 2.83 bits per heavy atom. The Hall–Kier alpha value is -3.03. The van der Waals surface area contributed by atoms with E-state index in [1.54, 1.807) is 13.1 Å². The molecule has 150 valence electrons. The van der Waals surface area contributed by atoms with Crippen molar-refractivity contribution in [1.29, 1.82) is 0 Å². The summed E-state index contributed by atoms with van der Waals surface area (Å²) in [6, 6.07) is 3.99. The summed E-state index contributed by atoms with van der Waals surface area (Å²) in [7, 11) is 0. The Labute approximate surface area is 169 Å². The van der Waals surface area contributed by atoms with Crippen molar-refractivity contribution >= 4 is 5.82 Å². The van der Waals surface area contributed by atoms with Gasteiger partial charge in [0.15, 0.2) is 0 Å². The van der Waals surface area contributed by atoms with E-state index >= 15 is 0 Å². The Morgan fingerprint density at radius 2 is 2.03 bits per heavy atom. The number of hydrogen-bond acceptors (Lipinski definition) is 6. The molecular formula is C21H25N7O. The number of nitrogens with zero attached hydrogens (tertiary/aromatic N) is 6. The van der Waals surface area contributed by atoms with Crippen LogP contribution in [0.15, 0.2) is 23.1 Å². The number of pyridine rings is 1. The van der Waals surface area contributed by atoms with E-state index in [9.17, 15) is 4.79 Å². The maximum atomic E-state index is 12.0. The van der Waals surface area contributed by atoms with E-state index < -0.39 is 0 Å². The Morgan fingerprint density at radius 1 is 1.14 bits per heavy atom. The average molecular weight is 391 g/mol. The van der Waals surface area contributed by atoms with Gasteiger partial charge in [-0.2, -0.15) is 0 Å². The van der Waals surface area contributed by atoms with E-state index in [4.69, 9.17) is 0 Å². The highest BCUT2D eigenvalue weighted by molar-refractivity contribution is 5.56. The van der Waals surface area contributed by atoms with Gasteiger partial charge in [0.25, 0.3) is 5.56 Å². The lowest BCUT2D eigenvalue weighted by atomic mass is 9.97. The molecule has 0 radical (unpaired) electrons. The SMILES string of the molecule is Cc1nc(-c2ccc(N3CCCC(c4nnc5n4CCC5)C3)nc2)[nH]c(=O)c1C. The Bertz CT molecular complexity index is 1100. The van der Waals surface area contributed by atoms with Crippen LogP contribution in [0.3, 0.4) is 0 Å². The summed E-state index contributed by atoms with van der Waals surface area (Å²) in [5, 5.41) is 8.87. The topological polar surface area (TPSA) is 92.6 Å². The average Bonchev–Trinajstić information content (AvgIpc) is 3.36. The van der Waals surface area contributed by atoms with Crippen LogP contribution in [0.2, 0.25) is 0 Å². The molecule has 5 rings (SSSR count). The first-order valence-corrected chi connectivity index (χ1v) is 10.3. The van der Waals surface area contributed by atoms with Gasteiger partial charge in [-0.15, -0.1) is 10.2 Å². The molecule has 3 aromatic rings. The molecule has 0 amide bonds. The molecule has 8 heteroatoms. The number of nitrogens with one attached hydrogen (secondary N) is 1. The van der Waals surface area contributed by atoms with Gasteiger partial charge in [0.1, 0.15) is 23.3 Å². The summed E-state index contributed by atoms with van der Waals surface area (Å²) in [4.78, 5) is 26.4. The summed E-state index contributed by atoms with van der Waals surface area (Å²) in [6.45, 7) is 6.57. The second-order valence-electron chi connectivity index (χ2n) is 8.04. The maximum absolute atomic E-state index is 12.0. The molecule has 0 aliphatic carbocycles. The van der Waals surface area contributed by atoms with Gasteiger partial charge < -0.3 is 14.5 Å². The summed E-state index contributed by atoms with van der Waals surface area (Å²) >= 11 is 0. The van der Waals surface area contributed by atoms with E-state index in [2.05, 4.69) is 34.6 Å². The van der Waals surface area contributed by atoms with Crippen molar-refractivity contribution in [2.24, 2.45) is 0 Å².